The van der Waals surface area contributed by atoms with Crippen molar-refractivity contribution in [2.24, 2.45) is 5.92 Å². The predicted octanol–water partition coefficient (Wildman–Crippen LogP) is 3.21. The summed E-state index contributed by atoms with van der Waals surface area (Å²) < 4.78 is 5.65. The second-order valence-corrected chi connectivity index (χ2v) is 6.05. The molecule has 0 aliphatic carbocycles. The first-order valence-electron chi connectivity index (χ1n) is 8.38. The second kappa shape index (κ2) is 10.5. The van der Waals surface area contributed by atoms with Crippen molar-refractivity contribution in [2.45, 2.75) is 46.1 Å². The first kappa shape index (κ1) is 19.8. The van der Waals surface area contributed by atoms with Crippen LogP contribution in [0, 0.1) is 12.8 Å². The fraction of sp³-hybridized carbons (Fsp3) is 0.611. The average molecular weight is 341 g/mol. The average Bonchev–Trinajstić information content (AvgIpc) is 2.53. The normalized spacial score (nSPS) is 14.9. The largest absolute Gasteiger partial charge is 0.494 e. The minimum absolute atomic E-state index is 0. The molecule has 1 saturated heterocycles. The summed E-state index contributed by atoms with van der Waals surface area (Å²) in [5, 5.41) is 6.38. The van der Waals surface area contributed by atoms with E-state index >= 15 is 0 Å². The van der Waals surface area contributed by atoms with Crippen molar-refractivity contribution in [1.29, 1.82) is 0 Å². The van der Waals surface area contributed by atoms with Gasteiger partial charge in [-0.25, -0.2) is 0 Å². The quantitative estimate of drug-likeness (QED) is 0.801. The summed E-state index contributed by atoms with van der Waals surface area (Å²) in [5.74, 6) is 1.72. The summed E-state index contributed by atoms with van der Waals surface area (Å²) in [6, 6.07) is 6.12. The molecule has 23 heavy (non-hydrogen) atoms. The first-order chi connectivity index (χ1) is 10.7. The van der Waals surface area contributed by atoms with E-state index in [1.54, 1.807) is 0 Å². The number of nitrogens with one attached hydrogen (secondary N) is 2. The minimum atomic E-state index is 0. The van der Waals surface area contributed by atoms with Crippen LogP contribution in [0.4, 0.5) is 0 Å². The number of carbonyl (C=O) groups excluding carboxylic acids is 1. The number of ether oxygens (including phenoxy) is 1. The van der Waals surface area contributed by atoms with Crippen LogP contribution in [-0.2, 0) is 11.3 Å². The molecule has 0 spiro atoms. The van der Waals surface area contributed by atoms with Gasteiger partial charge in [-0.1, -0.05) is 12.1 Å². The van der Waals surface area contributed by atoms with E-state index in [1.165, 1.54) is 18.4 Å². The number of piperidine rings is 1. The number of hydrogen-bond acceptors (Lipinski definition) is 3. The SMILES string of the molecule is CCOc1cc(C)ccc1CNC(=O)CCC1CCNCC1.Cl. The summed E-state index contributed by atoms with van der Waals surface area (Å²) in [5.41, 5.74) is 2.21. The van der Waals surface area contributed by atoms with Crippen LogP contribution in [0.15, 0.2) is 18.2 Å². The molecule has 0 bridgehead atoms. The van der Waals surface area contributed by atoms with E-state index in [0.29, 0.717) is 25.5 Å². The molecule has 5 heteroatoms. The Labute approximate surface area is 145 Å². The van der Waals surface area contributed by atoms with Gasteiger partial charge in [-0.05, 0) is 63.7 Å². The van der Waals surface area contributed by atoms with Crippen molar-refractivity contribution in [2.75, 3.05) is 19.7 Å². The maximum Gasteiger partial charge on any atom is 0.220 e. The van der Waals surface area contributed by atoms with Crippen molar-refractivity contribution in [3.05, 3.63) is 29.3 Å². The van der Waals surface area contributed by atoms with E-state index < -0.39 is 0 Å². The molecule has 1 heterocycles. The molecular formula is C18H29ClN2O2. The van der Waals surface area contributed by atoms with Gasteiger partial charge >= 0.3 is 0 Å². The first-order valence-corrected chi connectivity index (χ1v) is 8.38. The van der Waals surface area contributed by atoms with Crippen LogP contribution in [-0.4, -0.2) is 25.6 Å². The second-order valence-electron chi connectivity index (χ2n) is 6.05. The smallest absolute Gasteiger partial charge is 0.220 e. The summed E-state index contributed by atoms with van der Waals surface area (Å²) in [4.78, 5) is 12.0. The minimum Gasteiger partial charge on any atom is -0.494 e. The van der Waals surface area contributed by atoms with Gasteiger partial charge in [0.2, 0.25) is 5.91 Å². The summed E-state index contributed by atoms with van der Waals surface area (Å²) >= 11 is 0. The lowest BCUT2D eigenvalue weighted by molar-refractivity contribution is -0.121. The third-order valence-corrected chi connectivity index (χ3v) is 4.24. The Morgan fingerprint density at radius 3 is 2.78 bits per heavy atom. The highest BCUT2D eigenvalue weighted by atomic mass is 35.5. The number of carbonyl (C=O) groups is 1. The Balaban J connectivity index is 0.00000264. The van der Waals surface area contributed by atoms with Crippen LogP contribution in [0.1, 0.15) is 43.7 Å². The molecule has 1 aliphatic rings. The van der Waals surface area contributed by atoms with Crippen LogP contribution in [0.3, 0.4) is 0 Å². The summed E-state index contributed by atoms with van der Waals surface area (Å²) in [6.07, 6.45) is 4.01. The van der Waals surface area contributed by atoms with Crippen molar-refractivity contribution >= 4 is 18.3 Å². The van der Waals surface area contributed by atoms with Crippen LogP contribution in [0.5, 0.6) is 5.75 Å². The van der Waals surface area contributed by atoms with Gasteiger partial charge in [-0.15, -0.1) is 12.4 Å². The fourth-order valence-corrected chi connectivity index (χ4v) is 2.89. The maximum atomic E-state index is 12.0. The van der Waals surface area contributed by atoms with Crippen molar-refractivity contribution in [3.8, 4) is 5.75 Å². The fourth-order valence-electron chi connectivity index (χ4n) is 2.89. The molecule has 1 aromatic carbocycles. The standard InChI is InChI=1S/C18H28N2O2.ClH/c1-3-22-17-12-14(2)4-6-16(17)13-20-18(21)7-5-15-8-10-19-11-9-15;/h4,6,12,15,19H,3,5,7-11,13H2,1-2H3,(H,20,21);1H. The van der Waals surface area contributed by atoms with Gasteiger partial charge in [0.25, 0.3) is 0 Å². The molecule has 2 rings (SSSR count). The molecule has 0 radical (unpaired) electrons. The Kier molecular flexibility index (Phi) is 9.03. The Hall–Kier alpha value is -1.26. The van der Waals surface area contributed by atoms with Gasteiger partial charge in [-0.2, -0.15) is 0 Å². The van der Waals surface area contributed by atoms with Gasteiger partial charge in [0.1, 0.15) is 5.75 Å². The van der Waals surface area contributed by atoms with E-state index in [1.807, 2.05) is 26.0 Å². The van der Waals surface area contributed by atoms with E-state index in [2.05, 4.69) is 16.7 Å². The lowest BCUT2D eigenvalue weighted by Gasteiger charge is -2.22. The summed E-state index contributed by atoms with van der Waals surface area (Å²) in [7, 11) is 0. The van der Waals surface area contributed by atoms with Crippen LogP contribution >= 0.6 is 12.4 Å². The zero-order chi connectivity index (χ0) is 15.8. The number of rotatable bonds is 7. The molecule has 130 valence electrons. The van der Waals surface area contributed by atoms with Crippen LogP contribution < -0.4 is 15.4 Å². The third-order valence-electron chi connectivity index (χ3n) is 4.24. The number of amides is 1. The van der Waals surface area contributed by atoms with Gasteiger partial charge < -0.3 is 15.4 Å². The molecule has 1 fully saturated rings. The molecule has 0 saturated carbocycles. The van der Waals surface area contributed by atoms with E-state index in [-0.39, 0.29) is 18.3 Å². The Bertz CT molecular complexity index is 488. The van der Waals surface area contributed by atoms with E-state index in [0.717, 1.165) is 30.8 Å². The summed E-state index contributed by atoms with van der Waals surface area (Å²) in [6.45, 7) is 7.38. The molecule has 2 N–H and O–H groups in total. The topological polar surface area (TPSA) is 50.4 Å². The lowest BCUT2D eigenvalue weighted by Crippen LogP contribution is -2.29. The lowest BCUT2D eigenvalue weighted by atomic mass is 9.93. The number of hydrogen-bond donors (Lipinski definition) is 2. The molecule has 1 aromatic rings. The zero-order valence-electron chi connectivity index (χ0n) is 14.2. The highest BCUT2D eigenvalue weighted by Gasteiger charge is 2.14. The number of aryl methyl sites for hydroxylation is 1. The van der Waals surface area contributed by atoms with Gasteiger partial charge in [0, 0.05) is 18.5 Å². The molecule has 0 aromatic heterocycles. The molecule has 4 nitrogen and oxygen atoms in total. The highest BCUT2D eigenvalue weighted by Crippen LogP contribution is 2.21. The van der Waals surface area contributed by atoms with Crippen LogP contribution in [0.2, 0.25) is 0 Å². The van der Waals surface area contributed by atoms with Crippen molar-refractivity contribution in [1.82, 2.24) is 10.6 Å². The van der Waals surface area contributed by atoms with E-state index in [4.69, 9.17) is 4.74 Å². The molecule has 1 aliphatic heterocycles. The van der Waals surface area contributed by atoms with Crippen molar-refractivity contribution in [3.63, 3.8) is 0 Å². The highest BCUT2D eigenvalue weighted by molar-refractivity contribution is 5.85. The van der Waals surface area contributed by atoms with Crippen LogP contribution in [0.25, 0.3) is 0 Å². The third kappa shape index (κ3) is 6.80. The Morgan fingerprint density at radius 1 is 1.35 bits per heavy atom. The monoisotopic (exact) mass is 340 g/mol. The molecule has 1 amide bonds. The van der Waals surface area contributed by atoms with Crippen molar-refractivity contribution < 1.29 is 9.53 Å². The molecule has 0 unspecified atom stereocenters. The predicted molar refractivity (Wildman–Crippen MR) is 96.3 cm³/mol. The Morgan fingerprint density at radius 2 is 2.09 bits per heavy atom. The number of benzene rings is 1. The van der Waals surface area contributed by atoms with Gasteiger partial charge in [0.15, 0.2) is 0 Å². The maximum absolute atomic E-state index is 12.0. The number of halogens is 1. The van der Waals surface area contributed by atoms with E-state index in [9.17, 15) is 4.79 Å². The zero-order valence-corrected chi connectivity index (χ0v) is 15.0. The van der Waals surface area contributed by atoms with Gasteiger partial charge in [0.05, 0.1) is 6.61 Å². The molecule has 0 atom stereocenters. The van der Waals surface area contributed by atoms with Gasteiger partial charge in [-0.3, -0.25) is 4.79 Å². The molecular weight excluding hydrogens is 312 g/mol.